The van der Waals surface area contributed by atoms with Crippen LogP contribution in [0.5, 0.6) is 5.75 Å². The number of carboxylic acids is 1. The summed E-state index contributed by atoms with van der Waals surface area (Å²) in [6.45, 7) is 1.20. The first-order chi connectivity index (χ1) is 18.6. The van der Waals surface area contributed by atoms with Crippen LogP contribution in [0.3, 0.4) is 0 Å². The Bertz CT molecular complexity index is 1690. The zero-order chi connectivity index (χ0) is 25.7. The van der Waals surface area contributed by atoms with Crippen molar-refractivity contribution < 1.29 is 19.1 Å². The fourth-order valence-electron chi connectivity index (χ4n) is 5.14. The zero-order valence-corrected chi connectivity index (χ0v) is 21.0. The van der Waals surface area contributed by atoms with Crippen molar-refractivity contribution in [2.24, 2.45) is 0 Å². The molecule has 0 saturated carbocycles. The van der Waals surface area contributed by atoms with Gasteiger partial charge in [-0.1, -0.05) is 47.7 Å². The van der Waals surface area contributed by atoms with Crippen LogP contribution in [0.4, 0.5) is 5.13 Å². The number of anilines is 1. The lowest BCUT2D eigenvalue weighted by molar-refractivity contribution is -0.138. The van der Waals surface area contributed by atoms with E-state index in [4.69, 9.17) is 14.3 Å². The Morgan fingerprint density at radius 2 is 1.89 bits per heavy atom. The second kappa shape index (κ2) is 8.80. The minimum absolute atomic E-state index is 0.333. The summed E-state index contributed by atoms with van der Waals surface area (Å²) in [7, 11) is 0. The van der Waals surface area contributed by atoms with Gasteiger partial charge in [0.15, 0.2) is 11.7 Å². The maximum Gasteiger partial charge on any atom is 0.327 e. The molecule has 7 rings (SSSR count). The zero-order valence-electron chi connectivity index (χ0n) is 20.1. The van der Waals surface area contributed by atoms with Crippen LogP contribution in [0, 0.1) is 0 Å². The van der Waals surface area contributed by atoms with E-state index in [0.29, 0.717) is 5.82 Å². The van der Waals surface area contributed by atoms with Crippen LogP contribution in [-0.2, 0) is 11.3 Å². The van der Waals surface area contributed by atoms with Crippen molar-refractivity contribution in [1.29, 1.82) is 0 Å². The fourth-order valence-corrected chi connectivity index (χ4v) is 6.04. The maximum atomic E-state index is 10.9. The number of carboxylic acid groups (broad SMARTS) is 1. The van der Waals surface area contributed by atoms with Gasteiger partial charge in [0.1, 0.15) is 16.9 Å². The molecule has 11 heteroatoms. The Morgan fingerprint density at radius 1 is 1.08 bits per heavy atom. The molecule has 1 spiro atoms. The van der Waals surface area contributed by atoms with E-state index in [-0.39, 0.29) is 6.54 Å². The molecule has 38 heavy (non-hydrogen) atoms. The Hall–Kier alpha value is -4.51. The number of rotatable bonds is 5. The molecule has 0 amide bonds. The Kier molecular flexibility index (Phi) is 5.25. The van der Waals surface area contributed by atoms with Gasteiger partial charge in [-0.3, -0.25) is 4.79 Å². The number of tetrazole rings is 1. The van der Waals surface area contributed by atoms with E-state index in [1.807, 2.05) is 42.7 Å². The minimum atomic E-state index is -1.02. The quantitative estimate of drug-likeness (QED) is 0.353. The summed E-state index contributed by atoms with van der Waals surface area (Å²) in [5, 5.41) is 22.8. The Morgan fingerprint density at radius 3 is 2.76 bits per heavy atom. The van der Waals surface area contributed by atoms with Gasteiger partial charge in [0.05, 0.1) is 17.3 Å². The van der Waals surface area contributed by atoms with Crippen molar-refractivity contribution in [3.63, 3.8) is 0 Å². The van der Waals surface area contributed by atoms with Crippen LogP contribution in [0.25, 0.3) is 27.2 Å². The van der Waals surface area contributed by atoms with Gasteiger partial charge in [-0.15, -0.1) is 10.2 Å². The molecule has 1 fully saturated rings. The Labute approximate surface area is 220 Å². The second-order valence-corrected chi connectivity index (χ2v) is 10.4. The first kappa shape index (κ1) is 22.7. The molecule has 3 aromatic heterocycles. The van der Waals surface area contributed by atoms with Crippen molar-refractivity contribution in [2.45, 2.75) is 25.0 Å². The van der Waals surface area contributed by atoms with E-state index in [2.05, 4.69) is 43.5 Å². The molecule has 1 saturated heterocycles. The third-order valence-corrected chi connectivity index (χ3v) is 8.05. The number of benzene rings is 2. The number of para-hydroxylation sites is 2. The summed E-state index contributed by atoms with van der Waals surface area (Å²) < 4.78 is 12.5. The average molecular weight is 527 g/mol. The lowest BCUT2D eigenvalue weighted by Gasteiger charge is -2.43. The van der Waals surface area contributed by atoms with Crippen molar-refractivity contribution in [3.05, 3.63) is 78.2 Å². The molecule has 1 N–H and O–H groups in total. The average Bonchev–Trinajstić information content (AvgIpc) is 3.68. The number of hydrogen-bond donors (Lipinski definition) is 1. The summed E-state index contributed by atoms with van der Waals surface area (Å²) in [6, 6.07) is 16.3. The van der Waals surface area contributed by atoms with Crippen molar-refractivity contribution in [2.75, 3.05) is 18.0 Å². The molecule has 5 aromatic rings. The summed E-state index contributed by atoms with van der Waals surface area (Å²) in [6.07, 6.45) is 7.42. The standard InChI is InChI=1S/C27H22N6O4S/c34-24(35)15-33-30-25(29-31-33)23-14-28-26(38-23)32-11-9-27(10-12-32)13-19(17-5-2-4-8-22(17)37-27)20-16-36-21-7-3-1-6-18(20)21/h1-8,13-14,16H,9-12,15H2,(H,34,35). The summed E-state index contributed by atoms with van der Waals surface area (Å²) in [5.41, 5.74) is 3.72. The highest BCUT2D eigenvalue weighted by Gasteiger charge is 2.40. The maximum absolute atomic E-state index is 10.9. The van der Waals surface area contributed by atoms with E-state index in [0.717, 1.165) is 74.2 Å². The predicted octanol–water partition coefficient (Wildman–Crippen LogP) is 4.49. The molecule has 0 radical (unpaired) electrons. The number of carbonyl (C=O) groups is 1. The molecule has 5 heterocycles. The first-order valence-corrected chi connectivity index (χ1v) is 13.1. The van der Waals surface area contributed by atoms with Crippen LogP contribution in [0.1, 0.15) is 24.0 Å². The third kappa shape index (κ3) is 3.91. The van der Waals surface area contributed by atoms with Crippen molar-refractivity contribution >= 4 is 39.0 Å². The minimum Gasteiger partial charge on any atom is -0.482 e. The summed E-state index contributed by atoms with van der Waals surface area (Å²) >= 11 is 1.47. The van der Waals surface area contributed by atoms with Gasteiger partial charge in [-0.25, -0.2) is 4.98 Å². The van der Waals surface area contributed by atoms with Gasteiger partial charge in [0, 0.05) is 42.4 Å². The van der Waals surface area contributed by atoms with Crippen LogP contribution in [-0.4, -0.2) is 55.0 Å². The van der Waals surface area contributed by atoms with E-state index in [9.17, 15) is 4.79 Å². The largest absolute Gasteiger partial charge is 0.482 e. The lowest BCUT2D eigenvalue weighted by atomic mass is 9.83. The highest BCUT2D eigenvalue weighted by molar-refractivity contribution is 7.18. The summed E-state index contributed by atoms with van der Waals surface area (Å²) in [4.78, 5) is 19.5. The number of aliphatic carboxylic acids is 1. The van der Waals surface area contributed by atoms with Crippen LogP contribution in [0.2, 0.25) is 0 Å². The molecule has 2 aromatic carbocycles. The highest BCUT2D eigenvalue weighted by Crippen LogP contribution is 2.45. The van der Waals surface area contributed by atoms with Crippen LogP contribution in [0.15, 0.2) is 71.5 Å². The monoisotopic (exact) mass is 526 g/mol. The molecule has 10 nitrogen and oxygen atoms in total. The fraction of sp³-hybridized carbons (Fsp3) is 0.222. The van der Waals surface area contributed by atoms with Crippen molar-refractivity contribution in [1.82, 2.24) is 25.2 Å². The predicted molar refractivity (Wildman–Crippen MR) is 141 cm³/mol. The summed E-state index contributed by atoms with van der Waals surface area (Å²) in [5.74, 6) is 0.235. The number of thiazole rings is 1. The molecule has 190 valence electrons. The van der Waals surface area contributed by atoms with E-state index < -0.39 is 11.6 Å². The van der Waals surface area contributed by atoms with Gasteiger partial charge < -0.3 is 19.2 Å². The molecule has 0 atom stereocenters. The molecular formula is C27H22N6O4S. The molecule has 0 bridgehead atoms. The number of nitrogens with zero attached hydrogens (tertiary/aromatic N) is 6. The van der Waals surface area contributed by atoms with E-state index in [1.54, 1.807) is 6.20 Å². The topological polar surface area (TPSA) is 119 Å². The first-order valence-electron chi connectivity index (χ1n) is 12.3. The molecular weight excluding hydrogens is 504 g/mol. The molecule has 2 aliphatic rings. The molecule has 2 aliphatic heterocycles. The number of furan rings is 1. The normalized spacial score (nSPS) is 16.3. The van der Waals surface area contributed by atoms with E-state index >= 15 is 0 Å². The number of hydrogen-bond acceptors (Lipinski definition) is 9. The molecule has 0 unspecified atom stereocenters. The van der Waals surface area contributed by atoms with Gasteiger partial charge >= 0.3 is 5.97 Å². The third-order valence-electron chi connectivity index (χ3n) is 6.99. The second-order valence-electron chi connectivity index (χ2n) is 9.40. The molecule has 0 aliphatic carbocycles. The lowest BCUT2D eigenvalue weighted by Crippen LogP contribution is -2.48. The van der Waals surface area contributed by atoms with Crippen LogP contribution >= 0.6 is 11.3 Å². The van der Waals surface area contributed by atoms with Gasteiger partial charge in [-0.2, -0.15) is 4.80 Å². The smallest absolute Gasteiger partial charge is 0.327 e. The van der Waals surface area contributed by atoms with Gasteiger partial charge in [0.2, 0.25) is 5.82 Å². The number of piperidine rings is 1. The highest BCUT2D eigenvalue weighted by atomic mass is 32.1. The number of aromatic nitrogens is 5. The van der Waals surface area contributed by atoms with Crippen LogP contribution < -0.4 is 9.64 Å². The SMILES string of the molecule is O=C(O)Cn1nnc(-c2cnc(N3CCC4(C=C(c5coc6ccccc56)c5ccccc5O4)CC3)s2)n1. The van der Waals surface area contributed by atoms with Gasteiger partial charge in [0.25, 0.3) is 0 Å². The number of fused-ring (bicyclic) bond motifs is 2. The van der Waals surface area contributed by atoms with Gasteiger partial charge in [-0.05, 0) is 29.0 Å². The van der Waals surface area contributed by atoms with E-state index in [1.165, 1.54) is 11.3 Å². The Balaban J connectivity index is 1.15. The van der Waals surface area contributed by atoms with Crippen molar-refractivity contribution in [3.8, 4) is 16.5 Å². The number of ether oxygens (including phenoxy) is 1.